The van der Waals surface area contributed by atoms with Gasteiger partial charge in [0.15, 0.2) is 5.58 Å². The molecule has 4 aromatic carbocycles. The summed E-state index contributed by atoms with van der Waals surface area (Å²) in [5.74, 6) is 0. The van der Waals surface area contributed by atoms with E-state index in [1.54, 1.807) is 0 Å². The number of anilines is 2. The maximum atomic E-state index is 6.79. The van der Waals surface area contributed by atoms with Gasteiger partial charge < -0.3 is 13.9 Å². The minimum atomic E-state index is 0.690. The minimum absolute atomic E-state index is 0.690. The van der Waals surface area contributed by atoms with Crippen LogP contribution in [0.2, 0.25) is 0 Å². The van der Waals surface area contributed by atoms with Crippen LogP contribution in [-0.4, -0.2) is 16.1 Å². The Morgan fingerprint density at radius 3 is 2.33 bits per heavy atom. The molecule has 4 nitrogen and oxygen atoms in total. The molecule has 7 aromatic rings. The highest BCUT2D eigenvalue weighted by Gasteiger charge is 2.29. The van der Waals surface area contributed by atoms with E-state index in [4.69, 9.17) is 4.42 Å². The standard InChI is InChI=1S/C36H25N3O/c1-24-12-4-3-11-23-38(25-19-21-37-22-20-25)34-31(24)32-28-16-8-10-18-30(28)40-36(32)35-33(34)27-15-7-9-17-29(27)39(35)26-13-5-2-6-14-26/h2-22H,1,23H2/b11-3-,12-4-. The molecule has 0 atom stereocenters. The van der Waals surface area contributed by atoms with Gasteiger partial charge in [0.1, 0.15) is 5.58 Å². The van der Waals surface area contributed by atoms with Gasteiger partial charge in [-0.05, 0) is 42.0 Å². The molecule has 0 N–H and O–H groups in total. The van der Waals surface area contributed by atoms with E-state index in [2.05, 4.69) is 130 Å². The lowest BCUT2D eigenvalue weighted by molar-refractivity contribution is 0.671. The summed E-state index contributed by atoms with van der Waals surface area (Å²) in [5.41, 5.74) is 9.21. The van der Waals surface area contributed by atoms with Crippen molar-refractivity contribution in [2.24, 2.45) is 0 Å². The molecule has 0 saturated carbocycles. The van der Waals surface area contributed by atoms with Crippen molar-refractivity contribution in [2.75, 3.05) is 11.4 Å². The number of hydrogen-bond acceptors (Lipinski definition) is 3. The first kappa shape index (κ1) is 22.6. The monoisotopic (exact) mass is 515 g/mol. The second-order valence-electron chi connectivity index (χ2n) is 10.1. The summed E-state index contributed by atoms with van der Waals surface area (Å²) < 4.78 is 9.13. The number of pyridine rings is 1. The van der Waals surface area contributed by atoms with Crippen molar-refractivity contribution in [3.63, 3.8) is 0 Å². The fourth-order valence-corrected chi connectivity index (χ4v) is 6.18. The topological polar surface area (TPSA) is 34.2 Å². The maximum Gasteiger partial charge on any atom is 0.160 e. The Bertz CT molecular complexity index is 2150. The fraction of sp³-hybridized carbons (Fsp3) is 0.0278. The zero-order chi connectivity index (χ0) is 26.6. The largest absolute Gasteiger partial charge is 0.454 e. The molecule has 1 aliphatic rings. The fourth-order valence-electron chi connectivity index (χ4n) is 6.18. The molecule has 0 bridgehead atoms. The van der Waals surface area contributed by atoms with Gasteiger partial charge in [-0.2, -0.15) is 0 Å². The Labute approximate surface area is 231 Å². The van der Waals surface area contributed by atoms with Crippen molar-refractivity contribution in [2.45, 2.75) is 0 Å². The molecule has 1 aliphatic heterocycles. The van der Waals surface area contributed by atoms with Crippen molar-refractivity contribution in [3.05, 3.63) is 140 Å². The number of furan rings is 1. The van der Waals surface area contributed by atoms with E-state index in [1.807, 2.05) is 18.5 Å². The van der Waals surface area contributed by atoms with Crippen LogP contribution in [0.4, 0.5) is 11.4 Å². The van der Waals surface area contributed by atoms with Crippen LogP contribution in [0.25, 0.3) is 55.0 Å². The predicted molar refractivity (Wildman–Crippen MR) is 167 cm³/mol. The van der Waals surface area contributed by atoms with E-state index in [9.17, 15) is 0 Å². The van der Waals surface area contributed by atoms with Crippen molar-refractivity contribution >= 4 is 60.7 Å². The highest BCUT2D eigenvalue weighted by Crippen LogP contribution is 2.51. The predicted octanol–water partition coefficient (Wildman–Crippen LogP) is 9.36. The van der Waals surface area contributed by atoms with E-state index < -0.39 is 0 Å². The van der Waals surface area contributed by atoms with Gasteiger partial charge in [-0.15, -0.1) is 0 Å². The van der Waals surface area contributed by atoms with Crippen LogP contribution in [0, 0.1) is 0 Å². The van der Waals surface area contributed by atoms with Crippen LogP contribution in [0.15, 0.2) is 139 Å². The first-order valence-corrected chi connectivity index (χ1v) is 13.5. The molecular formula is C36H25N3O. The van der Waals surface area contributed by atoms with Crippen LogP contribution in [0.1, 0.15) is 5.56 Å². The van der Waals surface area contributed by atoms with Gasteiger partial charge in [0.05, 0.1) is 16.7 Å². The summed E-state index contributed by atoms with van der Waals surface area (Å²) in [4.78, 5) is 6.70. The van der Waals surface area contributed by atoms with Gasteiger partial charge in [0, 0.05) is 57.4 Å². The summed E-state index contributed by atoms with van der Waals surface area (Å²) in [7, 11) is 0. The van der Waals surface area contributed by atoms with Crippen molar-refractivity contribution in [1.82, 2.24) is 9.55 Å². The zero-order valence-electron chi connectivity index (χ0n) is 21.8. The van der Waals surface area contributed by atoms with Crippen LogP contribution >= 0.6 is 0 Å². The third-order valence-electron chi connectivity index (χ3n) is 7.82. The van der Waals surface area contributed by atoms with Gasteiger partial charge >= 0.3 is 0 Å². The van der Waals surface area contributed by atoms with E-state index in [0.29, 0.717) is 6.54 Å². The Hall–Kier alpha value is -5.35. The van der Waals surface area contributed by atoms with Crippen molar-refractivity contribution in [1.29, 1.82) is 0 Å². The number of nitrogens with zero attached hydrogens (tertiary/aromatic N) is 3. The molecule has 4 heterocycles. The normalized spacial score (nSPS) is 15.3. The van der Waals surface area contributed by atoms with Crippen LogP contribution in [-0.2, 0) is 0 Å². The molecule has 4 heteroatoms. The number of aromatic nitrogens is 2. The summed E-state index contributed by atoms with van der Waals surface area (Å²) >= 11 is 0. The highest BCUT2D eigenvalue weighted by molar-refractivity contribution is 6.30. The Kier molecular flexibility index (Phi) is 5.01. The van der Waals surface area contributed by atoms with E-state index >= 15 is 0 Å². The minimum Gasteiger partial charge on any atom is -0.454 e. The Morgan fingerprint density at radius 2 is 1.48 bits per heavy atom. The maximum absolute atomic E-state index is 6.79. The van der Waals surface area contributed by atoms with Gasteiger partial charge in [0.2, 0.25) is 0 Å². The second kappa shape index (κ2) is 8.85. The van der Waals surface area contributed by atoms with Gasteiger partial charge in [0.25, 0.3) is 0 Å². The van der Waals surface area contributed by atoms with Crippen LogP contribution in [0.5, 0.6) is 0 Å². The summed E-state index contributed by atoms with van der Waals surface area (Å²) in [6, 6.07) is 31.7. The van der Waals surface area contributed by atoms with Crippen molar-refractivity contribution < 1.29 is 4.42 Å². The van der Waals surface area contributed by atoms with E-state index in [-0.39, 0.29) is 0 Å². The molecule has 0 amide bonds. The average molecular weight is 516 g/mol. The number of benzene rings is 4. The lowest BCUT2D eigenvalue weighted by Gasteiger charge is -2.28. The van der Waals surface area contributed by atoms with Gasteiger partial charge in [-0.1, -0.05) is 85.5 Å². The lowest BCUT2D eigenvalue weighted by Crippen LogP contribution is -2.19. The molecule has 3 aromatic heterocycles. The van der Waals surface area contributed by atoms with Gasteiger partial charge in [-0.25, -0.2) is 0 Å². The SMILES string of the molecule is C=C1/C=C\C=C/CN(c2ccncc2)c2c1c1c3ccccc3oc1c1c2c2ccccc2n1-c1ccccc1. The first-order valence-electron chi connectivity index (χ1n) is 13.5. The summed E-state index contributed by atoms with van der Waals surface area (Å²) in [6.45, 7) is 5.30. The Balaban J connectivity index is 1.70. The third-order valence-corrected chi connectivity index (χ3v) is 7.82. The van der Waals surface area contributed by atoms with Gasteiger partial charge in [-0.3, -0.25) is 4.98 Å². The molecule has 0 unspecified atom stereocenters. The molecule has 8 rings (SSSR count). The molecule has 0 fully saturated rings. The molecule has 0 saturated heterocycles. The van der Waals surface area contributed by atoms with Crippen molar-refractivity contribution in [3.8, 4) is 5.69 Å². The lowest BCUT2D eigenvalue weighted by atomic mass is 9.93. The quantitative estimate of drug-likeness (QED) is 0.230. The molecule has 0 spiro atoms. The number of allylic oxidation sites excluding steroid dienone is 4. The average Bonchev–Trinajstić information content (AvgIpc) is 3.57. The number of hydrogen-bond donors (Lipinski definition) is 0. The van der Waals surface area contributed by atoms with Crippen LogP contribution < -0.4 is 4.90 Å². The molecule has 190 valence electrons. The first-order chi connectivity index (χ1) is 19.8. The van der Waals surface area contributed by atoms with E-state index in [1.165, 1.54) is 5.39 Å². The van der Waals surface area contributed by atoms with E-state index in [0.717, 1.165) is 66.6 Å². The molecule has 40 heavy (non-hydrogen) atoms. The summed E-state index contributed by atoms with van der Waals surface area (Å²) in [5, 5.41) is 4.47. The Morgan fingerprint density at radius 1 is 0.725 bits per heavy atom. The second-order valence-corrected chi connectivity index (χ2v) is 10.1. The van der Waals surface area contributed by atoms with Crippen LogP contribution in [0.3, 0.4) is 0 Å². The number of para-hydroxylation sites is 3. The third kappa shape index (κ3) is 3.23. The molecular weight excluding hydrogens is 490 g/mol. The summed E-state index contributed by atoms with van der Waals surface area (Å²) in [6.07, 6.45) is 12.2. The molecule has 0 radical (unpaired) electrons. The zero-order valence-corrected chi connectivity index (χ0v) is 21.8. The number of fused-ring (bicyclic) bond motifs is 10. The number of rotatable bonds is 2. The molecule has 0 aliphatic carbocycles. The smallest absolute Gasteiger partial charge is 0.160 e. The highest BCUT2D eigenvalue weighted by atomic mass is 16.3.